The molecule has 1 atom stereocenters. The topological polar surface area (TPSA) is 0 Å². The lowest BCUT2D eigenvalue weighted by Gasteiger charge is -2.12. The molecule has 0 aromatic heterocycles. The molecule has 0 spiro atoms. The van der Waals surface area contributed by atoms with Gasteiger partial charge in [0, 0.05) is 0 Å². The van der Waals surface area contributed by atoms with Crippen LogP contribution in [0.15, 0.2) is 23.6 Å². The Hall–Kier alpha value is -0.300. The SMILES string of the molecule is C1=CC2=S(C=C1)CCCCCCCCC2. The summed E-state index contributed by atoms with van der Waals surface area (Å²) in [6.07, 6.45) is 18.3. The van der Waals surface area contributed by atoms with Crippen LogP contribution in [0.3, 0.4) is 0 Å². The van der Waals surface area contributed by atoms with Gasteiger partial charge in [0.05, 0.1) is 0 Å². The van der Waals surface area contributed by atoms with E-state index in [0.717, 1.165) is 0 Å². The quantitative estimate of drug-likeness (QED) is 0.524. The highest BCUT2D eigenvalue weighted by molar-refractivity contribution is 8.18. The average molecular weight is 222 g/mol. The molecule has 0 saturated carbocycles. The van der Waals surface area contributed by atoms with E-state index in [0.29, 0.717) is 10.5 Å². The number of allylic oxidation sites excluding steroid dienone is 3. The van der Waals surface area contributed by atoms with Gasteiger partial charge in [-0.1, -0.05) is 50.3 Å². The van der Waals surface area contributed by atoms with Crippen molar-refractivity contribution in [2.24, 2.45) is 0 Å². The summed E-state index contributed by atoms with van der Waals surface area (Å²) in [4.78, 5) is 1.72. The molecule has 2 heterocycles. The van der Waals surface area contributed by atoms with Crippen LogP contribution in [0.5, 0.6) is 0 Å². The third kappa shape index (κ3) is 3.64. The van der Waals surface area contributed by atoms with Crippen LogP contribution in [0.2, 0.25) is 0 Å². The van der Waals surface area contributed by atoms with Crippen LogP contribution in [-0.2, 0) is 0 Å². The normalized spacial score (nSPS) is 28.3. The van der Waals surface area contributed by atoms with Gasteiger partial charge in [-0.05, 0) is 35.3 Å². The Bertz CT molecular complexity index is 256. The van der Waals surface area contributed by atoms with E-state index in [1.807, 2.05) is 0 Å². The summed E-state index contributed by atoms with van der Waals surface area (Å²) in [6, 6.07) is 0. The predicted octanol–water partition coefficient (Wildman–Crippen LogP) is 4.65. The Morgan fingerprint density at radius 3 is 2.40 bits per heavy atom. The van der Waals surface area contributed by atoms with E-state index >= 15 is 0 Å². The second-order valence-electron chi connectivity index (χ2n) is 4.51. The third-order valence-corrected chi connectivity index (χ3v) is 5.49. The lowest BCUT2D eigenvalue weighted by Crippen LogP contribution is -1.98. The van der Waals surface area contributed by atoms with Gasteiger partial charge in [-0.2, -0.15) is 10.5 Å². The standard InChI is InChI=1S/C14H22S/c1-2-4-6-10-14-11-7-9-13-15(14)12-8-5-3-1/h7,9,11,13H,1-6,8,10,12H2. The lowest BCUT2D eigenvalue weighted by molar-refractivity contribution is 0.598. The van der Waals surface area contributed by atoms with E-state index in [2.05, 4.69) is 23.6 Å². The Labute approximate surface area is 96.4 Å². The maximum atomic E-state index is 2.44. The number of hydrogen-bond donors (Lipinski definition) is 0. The second-order valence-corrected chi connectivity index (χ2v) is 6.57. The van der Waals surface area contributed by atoms with Crippen LogP contribution in [0.1, 0.15) is 51.4 Å². The molecule has 0 bridgehead atoms. The van der Waals surface area contributed by atoms with Crippen LogP contribution >= 0.6 is 10.5 Å². The summed E-state index contributed by atoms with van der Waals surface area (Å²) in [5.74, 6) is 1.41. The molecule has 0 fully saturated rings. The van der Waals surface area contributed by atoms with Gasteiger partial charge in [-0.15, -0.1) is 0 Å². The first-order valence-electron chi connectivity index (χ1n) is 6.37. The van der Waals surface area contributed by atoms with Crippen LogP contribution in [-0.4, -0.2) is 10.6 Å². The average Bonchev–Trinajstić information content (AvgIpc) is 2.32. The Morgan fingerprint density at radius 2 is 1.53 bits per heavy atom. The highest BCUT2D eigenvalue weighted by Gasteiger charge is 2.05. The molecule has 0 aromatic carbocycles. The Kier molecular flexibility index (Phi) is 4.72. The molecular weight excluding hydrogens is 200 g/mol. The molecule has 0 saturated heterocycles. The molecular formula is C14H22S. The van der Waals surface area contributed by atoms with E-state index in [9.17, 15) is 0 Å². The van der Waals surface area contributed by atoms with Crippen molar-refractivity contribution in [2.45, 2.75) is 51.4 Å². The van der Waals surface area contributed by atoms with Crippen molar-refractivity contribution in [1.82, 2.24) is 0 Å². The van der Waals surface area contributed by atoms with E-state index in [1.165, 1.54) is 57.1 Å². The molecule has 0 N–H and O–H groups in total. The first-order valence-corrected chi connectivity index (χ1v) is 7.83. The van der Waals surface area contributed by atoms with Gasteiger partial charge in [0.2, 0.25) is 0 Å². The minimum Gasteiger partial charge on any atom is -0.159 e. The van der Waals surface area contributed by atoms with Crippen LogP contribution in [0.4, 0.5) is 0 Å². The summed E-state index contributed by atoms with van der Waals surface area (Å²) < 4.78 is 0. The maximum Gasteiger partial charge on any atom is -0.00764 e. The van der Waals surface area contributed by atoms with Gasteiger partial charge >= 0.3 is 0 Å². The minimum absolute atomic E-state index is 0.492. The third-order valence-electron chi connectivity index (χ3n) is 3.26. The zero-order valence-electron chi connectivity index (χ0n) is 9.58. The fourth-order valence-corrected chi connectivity index (χ4v) is 4.36. The molecule has 1 unspecified atom stereocenters. The van der Waals surface area contributed by atoms with Crippen molar-refractivity contribution in [3.63, 3.8) is 0 Å². The molecule has 0 aliphatic carbocycles. The summed E-state index contributed by atoms with van der Waals surface area (Å²) in [7, 11) is 0.492. The molecule has 0 nitrogen and oxygen atoms in total. The van der Waals surface area contributed by atoms with E-state index in [1.54, 1.807) is 4.86 Å². The van der Waals surface area contributed by atoms with Gasteiger partial charge < -0.3 is 0 Å². The van der Waals surface area contributed by atoms with Crippen molar-refractivity contribution >= 4 is 15.3 Å². The largest absolute Gasteiger partial charge is 0.159 e. The fourth-order valence-electron chi connectivity index (χ4n) is 2.33. The van der Waals surface area contributed by atoms with Crippen molar-refractivity contribution < 1.29 is 0 Å². The smallest absolute Gasteiger partial charge is 0.00764 e. The van der Waals surface area contributed by atoms with Crippen LogP contribution in [0, 0.1) is 0 Å². The van der Waals surface area contributed by atoms with Gasteiger partial charge in [0.1, 0.15) is 0 Å². The highest BCUT2D eigenvalue weighted by Crippen LogP contribution is 2.27. The second kappa shape index (κ2) is 6.32. The summed E-state index contributed by atoms with van der Waals surface area (Å²) >= 11 is 0. The Morgan fingerprint density at radius 1 is 0.800 bits per heavy atom. The zero-order valence-corrected chi connectivity index (χ0v) is 10.4. The van der Waals surface area contributed by atoms with Crippen molar-refractivity contribution in [3.8, 4) is 0 Å². The number of hydrogen-bond acceptors (Lipinski definition) is 0. The molecule has 1 heteroatoms. The summed E-state index contributed by atoms with van der Waals surface area (Å²) in [5, 5.41) is 2.44. The fraction of sp³-hybridized carbons (Fsp3) is 0.643. The van der Waals surface area contributed by atoms with Gasteiger partial charge in [0.25, 0.3) is 0 Å². The molecule has 0 aromatic rings. The van der Waals surface area contributed by atoms with E-state index in [-0.39, 0.29) is 0 Å². The molecule has 0 amide bonds. The van der Waals surface area contributed by atoms with Crippen molar-refractivity contribution in [3.05, 3.63) is 23.6 Å². The zero-order chi connectivity index (χ0) is 10.3. The maximum absolute atomic E-state index is 2.44. The highest BCUT2D eigenvalue weighted by atomic mass is 32.2. The first-order chi connectivity index (χ1) is 7.47. The molecule has 2 aliphatic heterocycles. The first kappa shape index (κ1) is 11.2. The Balaban J connectivity index is 2.01. The molecule has 84 valence electrons. The number of rotatable bonds is 0. The van der Waals surface area contributed by atoms with Gasteiger partial charge in [-0.25, -0.2) is 0 Å². The monoisotopic (exact) mass is 222 g/mol. The lowest BCUT2D eigenvalue weighted by atomic mass is 10.1. The molecule has 2 rings (SSSR count). The molecule has 0 radical (unpaired) electrons. The van der Waals surface area contributed by atoms with Gasteiger partial charge in [0.15, 0.2) is 0 Å². The van der Waals surface area contributed by atoms with E-state index < -0.39 is 0 Å². The van der Waals surface area contributed by atoms with Crippen LogP contribution in [0.25, 0.3) is 0 Å². The molecule has 15 heavy (non-hydrogen) atoms. The van der Waals surface area contributed by atoms with Crippen molar-refractivity contribution in [1.29, 1.82) is 0 Å². The van der Waals surface area contributed by atoms with Crippen LogP contribution < -0.4 is 0 Å². The minimum atomic E-state index is 0.492. The van der Waals surface area contributed by atoms with Gasteiger partial charge in [-0.3, -0.25) is 0 Å². The van der Waals surface area contributed by atoms with E-state index in [4.69, 9.17) is 0 Å². The molecule has 2 aliphatic rings. The summed E-state index contributed by atoms with van der Waals surface area (Å²) in [6.45, 7) is 0. The van der Waals surface area contributed by atoms with Crippen molar-refractivity contribution in [2.75, 3.05) is 5.75 Å². The predicted molar refractivity (Wildman–Crippen MR) is 72.7 cm³/mol. The summed E-state index contributed by atoms with van der Waals surface area (Å²) in [5.41, 5.74) is 0.